The van der Waals surface area contributed by atoms with Crippen molar-refractivity contribution in [3.05, 3.63) is 29.9 Å². The van der Waals surface area contributed by atoms with E-state index in [2.05, 4.69) is 9.97 Å². The molecule has 1 saturated heterocycles. The van der Waals surface area contributed by atoms with Crippen molar-refractivity contribution in [2.45, 2.75) is 18.9 Å². The number of hydrogen-bond donors (Lipinski definition) is 0. The number of amides is 1. The van der Waals surface area contributed by atoms with Gasteiger partial charge < -0.3 is 13.9 Å². The van der Waals surface area contributed by atoms with E-state index >= 15 is 0 Å². The summed E-state index contributed by atoms with van der Waals surface area (Å²) in [5.74, 6) is 0.561. The van der Waals surface area contributed by atoms with E-state index in [1.165, 1.54) is 16.9 Å². The summed E-state index contributed by atoms with van der Waals surface area (Å²) in [4.78, 5) is 21.9. The van der Waals surface area contributed by atoms with E-state index in [0.717, 1.165) is 0 Å². The van der Waals surface area contributed by atoms with E-state index in [4.69, 9.17) is 4.42 Å². The monoisotopic (exact) mass is 353 g/mol. The van der Waals surface area contributed by atoms with Gasteiger partial charge in [0.25, 0.3) is 15.9 Å². The zero-order valence-electron chi connectivity index (χ0n) is 13.8. The number of sulfonamides is 1. The van der Waals surface area contributed by atoms with Gasteiger partial charge in [-0.15, -0.1) is 0 Å². The Hall–Kier alpha value is -2.20. The molecule has 0 N–H and O–H groups in total. The van der Waals surface area contributed by atoms with Crippen molar-refractivity contribution in [2.24, 2.45) is 7.05 Å². The van der Waals surface area contributed by atoms with Crippen LogP contribution in [0, 0.1) is 13.8 Å². The van der Waals surface area contributed by atoms with Gasteiger partial charge in [-0.1, -0.05) is 0 Å². The largest absolute Gasteiger partial charge is 0.438 e. The highest BCUT2D eigenvalue weighted by Crippen LogP contribution is 2.18. The molecule has 0 saturated carbocycles. The van der Waals surface area contributed by atoms with Gasteiger partial charge in [-0.25, -0.2) is 18.4 Å². The van der Waals surface area contributed by atoms with Gasteiger partial charge in [0.1, 0.15) is 5.82 Å². The molecule has 3 rings (SSSR count). The number of hydrogen-bond acceptors (Lipinski definition) is 6. The average molecular weight is 353 g/mol. The molecule has 0 aromatic carbocycles. The van der Waals surface area contributed by atoms with Gasteiger partial charge in [-0.3, -0.25) is 4.79 Å². The normalized spacial score (nSPS) is 16.5. The van der Waals surface area contributed by atoms with Gasteiger partial charge in [-0.2, -0.15) is 4.31 Å². The Morgan fingerprint density at radius 3 is 2.38 bits per heavy atom. The van der Waals surface area contributed by atoms with E-state index in [1.807, 2.05) is 0 Å². The lowest BCUT2D eigenvalue weighted by atomic mass is 10.3. The summed E-state index contributed by atoms with van der Waals surface area (Å²) >= 11 is 0. The van der Waals surface area contributed by atoms with Crippen LogP contribution >= 0.6 is 0 Å². The lowest BCUT2D eigenvalue weighted by Gasteiger charge is -2.33. The van der Waals surface area contributed by atoms with Crippen molar-refractivity contribution in [3.8, 4) is 0 Å². The topological polar surface area (TPSA) is 102 Å². The standard InChI is InChI=1S/C14H19N5O4S/c1-10-13(23-9-15-10)14(20)18-4-6-19(7-5-18)24(21,22)12-8-17(3)11(2)16-12/h8-9H,4-7H2,1-3H3. The second-order valence-electron chi connectivity index (χ2n) is 5.70. The molecule has 130 valence electrons. The molecule has 9 nitrogen and oxygen atoms in total. The average Bonchev–Trinajstić information content (AvgIpc) is 3.13. The summed E-state index contributed by atoms with van der Waals surface area (Å²) in [6, 6.07) is 0. The minimum absolute atomic E-state index is 0.0355. The molecular formula is C14H19N5O4S. The number of carbonyl (C=O) groups is 1. The van der Waals surface area contributed by atoms with Crippen LogP contribution in [0.15, 0.2) is 22.0 Å². The summed E-state index contributed by atoms with van der Waals surface area (Å²) in [5.41, 5.74) is 0.527. The number of aryl methyl sites for hydroxylation is 3. The van der Waals surface area contributed by atoms with E-state index in [1.54, 1.807) is 30.4 Å². The highest BCUT2D eigenvalue weighted by molar-refractivity contribution is 7.89. The van der Waals surface area contributed by atoms with Crippen LogP contribution in [0.5, 0.6) is 0 Å². The highest BCUT2D eigenvalue weighted by atomic mass is 32.2. The maximum absolute atomic E-state index is 12.6. The molecule has 2 aromatic rings. The van der Waals surface area contributed by atoms with Crippen LogP contribution in [0.3, 0.4) is 0 Å². The summed E-state index contributed by atoms with van der Waals surface area (Å²) in [6.07, 6.45) is 2.73. The van der Waals surface area contributed by atoms with E-state index in [9.17, 15) is 13.2 Å². The first-order chi connectivity index (χ1) is 11.3. The predicted molar refractivity (Wildman–Crippen MR) is 83.8 cm³/mol. The molecule has 0 atom stereocenters. The van der Waals surface area contributed by atoms with Gasteiger partial charge >= 0.3 is 0 Å². The van der Waals surface area contributed by atoms with Crippen molar-refractivity contribution in [1.82, 2.24) is 23.7 Å². The van der Waals surface area contributed by atoms with Gasteiger partial charge in [0.15, 0.2) is 11.4 Å². The van der Waals surface area contributed by atoms with Crippen LogP contribution in [0.2, 0.25) is 0 Å². The maximum Gasteiger partial charge on any atom is 0.291 e. The second-order valence-corrected chi connectivity index (χ2v) is 7.59. The first-order valence-electron chi connectivity index (χ1n) is 7.50. The number of imidazole rings is 1. The van der Waals surface area contributed by atoms with Crippen LogP contribution in [0.25, 0.3) is 0 Å². The molecule has 1 fully saturated rings. The van der Waals surface area contributed by atoms with Crippen LogP contribution in [0.1, 0.15) is 22.1 Å². The number of carbonyl (C=O) groups excluding carboxylic acids is 1. The zero-order chi connectivity index (χ0) is 17.5. The highest BCUT2D eigenvalue weighted by Gasteiger charge is 2.33. The third-order valence-corrected chi connectivity index (χ3v) is 5.93. The van der Waals surface area contributed by atoms with Crippen molar-refractivity contribution in [3.63, 3.8) is 0 Å². The fraction of sp³-hybridized carbons (Fsp3) is 0.500. The molecule has 2 aromatic heterocycles. The maximum atomic E-state index is 12.6. The molecule has 1 aliphatic heterocycles. The minimum Gasteiger partial charge on any atom is -0.438 e. The lowest BCUT2D eigenvalue weighted by Crippen LogP contribution is -2.50. The summed E-state index contributed by atoms with van der Waals surface area (Å²) in [7, 11) is -1.90. The molecule has 0 aliphatic carbocycles. The molecule has 0 unspecified atom stereocenters. The van der Waals surface area contributed by atoms with Crippen LogP contribution in [-0.4, -0.2) is 64.2 Å². The molecule has 1 amide bonds. The van der Waals surface area contributed by atoms with Crippen LogP contribution < -0.4 is 0 Å². The van der Waals surface area contributed by atoms with Crippen molar-refractivity contribution in [2.75, 3.05) is 26.2 Å². The fourth-order valence-corrected chi connectivity index (χ4v) is 4.01. The number of nitrogens with zero attached hydrogens (tertiary/aromatic N) is 5. The summed E-state index contributed by atoms with van der Waals surface area (Å²) < 4.78 is 33.4. The van der Waals surface area contributed by atoms with Crippen LogP contribution in [0.4, 0.5) is 0 Å². The number of piperazine rings is 1. The van der Waals surface area contributed by atoms with Crippen molar-refractivity contribution < 1.29 is 17.6 Å². The SMILES string of the molecule is Cc1ncoc1C(=O)N1CCN(S(=O)(=O)c2cn(C)c(C)n2)CC1. The third kappa shape index (κ3) is 2.82. The summed E-state index contributed by atoms with van der Waals surface area (Å²) in [6.45, 7) is 4.47. The number of aromatic nitrogens is 3. The molecule has 1 aliphatic rings. The molecule has 10 heteroatoms. The van der Waals surface area contributed by atoms with Gasteiger partial charge in [0.2, 0.25) is 5.76 Å². The number of oxazole rings is 1. The van der Waals surface area contributed by atoms with Gasteiger partial charge in [0.05, 0.1) is 5.69 Å². The molecule has 0 radical (unpaired) electrons. The first kappa shape index (κ1) is 16.7. The Bertz CT molecular complexity index is 842. The van der Waals surface area contributed by atoms with E-state index in [0.29, 0.717) is 24.6 Å². The Labute approximate surface area is 139 Å². The third-order valence-electron chi connectivity index (χ3n) is 4.16. The minimum atomic E-state index is -3.65. The number of rotatable bonds is 3. The molecule has 3 heterocycles. The van der Waals surface area contributed by atoms with Crippen molar-refractivity contribution in [1.29, 1.82) is 0 Å². The molecule has 0 bridgehead atoms. The van der Waals surface area contributed by atoms with Crippen molar-refractivity contribution >= 4 is 15.9 Å². The van der Waals surface area contributed by atoms with Gasteiger partial charge in [-0.05, 0) is 13.8 Å². The fourth-order valence-electron chi connectivity index (χ4n) is 2.57. The Morgan fingerprint density at radius 1 is 1.21 bits per heavy atom. The van der Waals surface area contributed by atoms with E-state index < -0.39 is 10.0 Å². The summed E-state index contributed by atoms with van der Waals surface area (Å²) in [5, 5.41) is 0.0355. The first-order valence-corrected chi connectivity index (χ1v) is 8.94. The zero-order valence-corrected chi connectivity index (χ0v) is 14.6. The van der Waals surface area contributed by atoms with Crippen LogP contribution in [-0.2, 0) is 17.1 Å². The Morgan fingerprint density at radius 2 is 1.88 bits per heavy atom. The Balaban J connectivity index is 1.71. The smallest absolute Gasteiger partial charge is 0.291 e. The molecule has 0 spiro atoms. The van der Waals surface area contributed by atoms with E-state index in [-0.39, 0.29) is 29.8 Å². The predicted octanol–water partition coefficient (Wildman–Crippen LogP) is 0.172. The second kappa shape index (κ2) is 6.02. The molecular weight excluding hydrogens is 334 g/mol. The Kier molecular flexibility index (Phi) is 4.18. The molecule has 24 heavy (non-hydrogen) atoms. The van der Waals surface area contributed by atoms with Gasteiger partial charge in [0, 0.05) is 39.4 Å². The lowest BCUT2D eigenvalue weighted by molar-refractivity contribution is 0.0665. The quantitative estimate of drug-likeness (QED) is 0.780.